The van der Waals surface area contributed by atoms with Gasteiger partial charge in [-0.05, 0) is 37.5 Å². The number of halogens is 2. The van der Waals surface area contributed by atoms with Crippen LogP contribution in [-0.4, -0.2) is 20.0 Å². The van der Waals surface area contributed by atoms with Crippen molar-refractivity contribution in [3.05, 3.63) is 35.4 Å². The lowest BCUT2D eigenvalue weighted by Gasteiger charge is -2.35. The fourth-order valence-corrected chi connectivity index (χ4v) is 3.09. The number of methoxy groups -OCH3 is 2. The normalized spacial score (nSPS) is 13.2. The van der Waals surface area contributed by atoms with E-state index >= 15 is 0 Å². The van der Waals surface area contributed by atoms with E-state index in [-0.39, 0.29) is 5.92 Å². The molecule has 0 aliphatic rings. The first-order valence-electron chi connectivity index (χ1n) is 9.01. The Labute approximate surface area is 145 Å². The second-order valence-electron chi connectivity index (χ2n) is 6.63. The van der Waals surface area contributed by atoms with Crippen LogP contribution in [0.2, 0.25) is 0 Å². The van der Waals surface area contributed by atoms with Crippen LogP contribution in [0.1, 0.15) is 64.4 Å². The van der Waals surface area contributed by atoms with Crippen LogP contribution >= 0.6 is 0 Å². The molecule has 0 spiro atoms. The molecule has 1 aromatic carbocycles. The molecule has 2 nitrogen and oxygen atoms in total. The van der Waals surface area contributed by atoms with E-state index < -0.39 is 17.4 Å². The van der Waals surface area contributed by atoms with Crippen molar-refractivity contribution in [2.24, 2.45) is 5.92 Å². The molecule has 0 heterocycles. The predicted molar refractivity (Wildman–Crippen MR) is 94.0 cm³/mol. The van der Waals surface area contributed by atoms with Crippen LogP contribution in [0.4, 0.5) is 8.78 Å². The van der Waals surface area contributed by atoms with Gasteiger partial charge in [0.05, 0.1) is 0 Å². The van der Waals surface area contributed by atoms with Crippen molar-refractivity contribution in [1.82, 2.24) is 0 Å². The van der Waals surface area contributed by atoms with Gasteiger partial charge in [0.15, 0.2) is 17.4 Å². The standard InChI is InChI=1S/C20H32F2O2/c1-5-6-7-8-9-10-11-17(20(2,23-3)24-4)14-16-12-13-18(21)19(22)15-16/h12-13,15,17H,5-11,14H2,1-4H3. The van der Waals surface area contributed by atoms with Gasteiger partial charge in [0.2, 0.25) is 0 Å². The SMILES string of the molecule is CCCCCCCCC(Cc1ccc(F)c(F)c1)C(C)(OC)OC. The zero-order chi connectivity index (χ0) is 18.0. The molecule has 1 atom stereocenters. The molecule has 4 heteroatoms. The quantitative estimate of drug-likeness (QED) is 0.349. The van der Waals surface area contributed by atoms with Gasteiger partial charge in [-0.1, -0.05) is 51.5 Å². The molecule has 1 rings (SSSR count). The van der Waals surface area contributed by atoms with Gasteiger partial charge in [-0.2, -0.15) is 0 Å². The Morgan fingerprint density at radius 3 is 2.17 bits per heavy atom. The van der Waals surface area contributed by atoms with Crippen LogP contribution in [0, 0.1) is 17.6 Å². The third-order valence-electron chi connectivity index (χ3n) is 4.92. The first-order chi connectivity index (χ1) is 11.5. The molecule has 0 N–H and O–H groups in total. The predicted octanol–water partition coefficient (Wildman–Crippen LogP) is 5.88. The lowest BCUT2D eigenvalue weighted by atomic mass is 9.87. The molecule has 0 aliphatic carbocycles. The number of unbranched alkanes of at least 4 members (excludes halogenated alkanes) is 5. The van der Waals surface area contributed by atoms with Gasteiger partial charge in [-0.3, -0.25) is 0 Å². The van der Waals surface area contributed by atoms with Gasteiger partial charge >= 0.3 is 0 Å². The van der Waals surface area contributed by atoms with Crippen LogP contribution in [-0.2, 0) is 15.9 Å². The van der Waals surface area contributed by atoms with Crippen LogP contribution in [0.25, 0.3) is 0 Å². The molecule has 1 aromatic rings. The summed E-state index contributed by atoms with van der Waals surface area (Å²) in [5, 5.41) is 0. The van der Waals surface area contributed by atoms with E-state index in [2.05, 4.69) is 6.92 Å². The van der Waals surface area contributed by atoms with E-state index in [4.69, 9.17) is 9.47 Å². The molecule has 138 valence electrons. The summed E-state index contributed by atoms with van der Waals surface area (Å²) in [6.45, 7) is 4.12. The number of benzene rings is 1. The molecule has 0 radical (unpaired) electrons. The lowest BCUT2D eigenvalue weighted by Crippen LogP contribution is -2.40. The Balaban J connectivity index is 2.69. The van der Waals surface area contributed by atoms with Crippen LogP contribution in [0.15, 0.2) is 18.2 Å². The summed E-state index contributed by atoms with van der Waals surface area (Å²) in [7, 11) is 3.26. The van der Waals surface area contributed by atoms with Crippen molar-refractivity contribution in [3.8, 4) is 0 Å². The molecular weight excluding hydrogens is 310 g/mol. The maximum Gasteiger partial charge on any atom is 0.167 e. The van der Waals surface area contributed by atoms with Crippen molar-refractivity contribution in [2.75, 3.05) is 14.2 Å². The average molecular weight is 342 g/mol. The van der Waals surface area contributed by atoms with Gasteiger partial charge in [-0.15, -0.1) is 0 Å². The Hall–Kier alpha value is -1.00. The van der Waals surface area contributed by atoms with Crippen molar-refractivity contribution in [1.29, 1.82) is 0 Å². The molecule has 0 aliphatic heterocycles. The zero-order valence-corrected chi connectivity index (χ0v) is 15.5. The second kappa shape index (κ2) is 10.8. The zero-order valence-electron chi connectivity index (χ0n) is 15.5. The molecule has 24 heavy (non-hydrogen) atoms. The number of hydrogen-bond acceptors (Lipinski definition) is 2. The van der Waals surface area contributed by atoms with Gasteiger partial charge < -0.3 is 9.47 Å². The van der Waals surface area contributed by atoms with E-state index in [0.717, 1.165) is 18.4 Å². The van der Waals surface area contributed by atoms with Gasteiger partial charge in [0, 0.05) is 20.1 Å². The minimum absolute atomic E-state index is 0.0866. The van der Waals surface area contributed by atoms with Gasteiger partial charge in [0.25, 0.3) is 0 Å². The summed E-state index contributed by atoms with van der Waals surface area (Å²) < 4.78 is 37.8. The summed E-state index contributed by atoms with van der Waals surface area (Å²) in [6.07, 6.45) is 8.83. The molecule has 0 saturated heterocycles. The number of rotatable bonds is 12. The summed E-state index contributed by atoms with van der Waals surface area (Å²) in [4.78, 5) is 0. The van der Waals surface area contributed by atoms with Crippen molar-refractivity contribution in [2.45, 2.75) is 71.0 Å². The third-order valence-corrected chi connectivity index (χ3v) is 4.92. The highest BCUT2D eigenvalue weighted by atomic mass is 19.2. The molecule has 0 saturated carbocycles. The summed E-state index contributed by atoms with van der Waals surface area (Å²) >= 11 is 0. The summed E-state index contributed by atoms with van der Waals surface area (Å²) in [6, 6.07) is 4.09. The minimum atomic E-state index is -0.813. The highest BCUT2D eigenvalue weighted by molar-refractivity contribution is 5.18. The molecule has 0 amide bonds. The van der Waals surface area contributed by atoms with Crippen molar-refractivity contribution >= 4 is 0 Å². The van der Waals surface area contributed by atoms with Gasteiger partial charge in [0.1, 0.15) is 0 Å². The van der Waals surface area contributed by atoms with Crippen LogP contribution in [0.5, 0.6) is 0 Å². The Bertz CT molecular complexity index is 473. The van der Waals surface area contributed by atoms with Gasteiger partial charge in [-0.25, -0.2) is 8.78 Å². The van der Waals surface area contributed by atoms with E-state index in [9.17, 15) is 8.78 Å². The average Bonchev–Trinajstić information content (AvgIpc) is 2.59. The smallest absolute Gasteiger partial charge is 0.167 e. The van der Waals surface area contributed by atoms with Crippen molar-refractivity contribution < 1.29 is 18.3 Å². The maximum absolute atomic E-state index is 13.5. The molecule has 0 fully saturated rings. The lowest BCUT2D eigenvalue weighted by molar-refractivity contribution is -0.228. The Morgan fingerprint density at radius 1 is 0.958 bits per heavy atom. The maximum atomic E-state index is 13.5. The summed E-state index contributed by atoms with van der Waals surface area (Å²) in [5.74, 6) is -2.26. The molecule has 1 unspecified atom stereocenters. The number of ether oxygens (including phenoxy) is 2. The fourth-order valence-electron chi connectivity index (χ4n) is 3.09. The van der Waals surface area contributed by atoms with E-state index in [1.54, 1.807) is 20.3 Å². The van der Waals surface area contributed by atoms with E-state index in [0.29, 0.717) is 6.42 Å². The minimum Gasteiger partial charge on any atom is -0.353 e. The monoisotopic (exact) mass is 342 g/mol. The highest BCUT2D eigenvalue weighted by Gasteiger charge is 2.34. The molecular formula is C20H32F2O2. The molecule has 0 bridgehead atoms. The topological polar surface area (TPSA) is 18.5 Å². The molecule has 0 aromatic heterocycles. The van der Waals surface area contributed by atoms with Crippen LogP contribution < -0.4 is 0 Å². The Kier molecular flexibility index (Phi) is 9.45. The first kappa shape index (κ1) is 21.0. The van der Waals surface area contributed by atoms with E-state index in [1.807, 2.05) is 6.92 Å². The number of hydrogen-bond donors (Lipinski definition) is 0. The van der Waals surface area contributed by atoms with Crippen molar-refractivity contribution in [3.63, 3.8) is 0 Å². The Morgan fingerprint density at radius 2 is 1.58 bits per heavy atom. The van der Waals surface area contributed by atoms with Crippen LogP contribution in [0.3, 0.4) is 0 Å². The first-order valence-corrected chi connectivity index (χ1v) is 9.01. The third kappa shape index (κ3) is 6.48. The highest BCUT2D eigenvalue weighted by Crippen LogP contribution is 2.31. The van der Waals surface area contributed by atoms with E-state index in [1.165, 1.54) is 44.2 Å². The fraction of sp³-hybridized carbons (Fsp3) is 0.700. The second-order valence-corrected chi connectivity index (χ2v) is 6.63. The largest absolute Gasteiger partial charge is 0.353 e. The summed E-state index contributed by atoms with van der Waals surface area (Å²) in [5.41, 5.74) is 0.769.